The molecule has 1 aliphatic heterocycles. The molecule has 3 rings (SSSR count). The molecule has 1 amide bonds. The molecule has 0 spiro atoms. The molecule has 0 bridgehead atoms. The van der Waals surface area contributed by atoms with Gasteiger partial charge < -0.3 is 15.5 Å². The van der Waals surface area contributed by atoms with Crippen molar-refractivity contribution >= 4 is 11.9 Å². The van der Waals surface area contributed by atoms with Crippen LogP contribution in [0.4, 0.5) is 13.2 Å². The summed E-state index contributed by atoms with van der Waals surface area (Å²) >= 11 is 0. The van der Waals surface area contributed by atoms with E-state index in [4.69, 9.17) is 0 Å². The lowest BCUT2D eigenvalue weighted by atomic mass is 10.00. The van der Waals surface area contributed by atoms with Gasteiger partial charge in [0, 0.05) is 19.6 Å². The van der Waals surface area contributed by atoms with Crippen molar-refractivity contribution in [1.82, 2.24) is 15.5 Å². The zero-order valence-corrected chi connectivity index (χ0v) is 16.8. The predicted octanol–water partition coefficient (Wildman–Crippen LogP) is 3.35. The number of carbonyl (C=O) groups is 1. The summed E-state index contributed by atoms with van der Waals surface area (Å²) in [4.78, 5) is 18.7. The highest BCUT2D eigenvalue weighted by Crippen LogP contribution is 2.29. The molecule has 8 heteroatoms. The largest absolute Gasteiger partial charge is 0.416 e. The van der Waals surface area contributed by atoms with Gasteiger partial charge in [0.05, 0.1) is 18.7 Å². The van der Waals surface area contributed by atoms with Crippen LogP contribution in [0.3, 0.4) is 0 Å². The maximum atomic E-state index is 12.9. The van der Waals surface area contributed by atoms with Crippen LogP contribution in [0, 0.1) is 0 Å². The van der Waals surface area contributed by atoms with Crippen molar-refractivity contribution in [2.75, 3.05) is 19.6 Å². The van der Waals surface area contributed by atoms with E-state index in [9.17, 15) is 18.0 Å². The van der Waals surface area contributed by atoms with Gasteiger partial charge in [-0.05, 0) is 42.2 Å². The Kier molecular flexibility index (Phi) is 6.97. The second kappa shape index (κ2) is 9.65. The number of halogens is 3. The molecule has 0 unspecified atom stereocenters. The minimum Gasteiger partial charge on any atom is -0.357 e. The van der Waals surface area contributed by atoms with Crippen LogP contribution in [0.15, 0.2) is 53.5 Å². The molecule has 1 heterocycles. The van der Waals surface area contributed by atoms with Gasteiger partial charge in [0.1, 0.15) is 0 Å². The standard InChI is InChI=1S/C22H25F3N4O/c1-2-26-21(27-13-16-6-5-9-19(12-16)22(23,24)25)28-14-20(30)29-11-10-17-7-3-4-8-18(17)15-29/h3-9,12H,2,10-11,13-15H2,1H3,(H2,26,27,28). The Morgan fingerprint density at radius 2 is 1.87 bits per heavy atom. The number of hydrogen-bond acceptors (Lipinski definition) is 2. The van der Waals surface area contributed by atoms with Crippen LogP contribution >= 0.6 is 0 Å². The normalized spacial score (nSPS) is 14.3. The predicted molar refractivity (Wildman–Crippen MR) is 110 cm³/mol. The number of nitrogens with one attached hydrogen (secondary N) is 2. The fourth-order valence-electron chi connectivity index (χ4n) is 3.34. The Bertz CT molecular complexity index is 911. The second-order valence-corrected chi connectivity index (χ2v) is 7.08. The third kappa shape index (κ3) is 5.75. The highest BCUT2D eigenvalue weighted by atomic mass is 19.4. The quantitative estimate of drug-likeness (QED) is 0.579. The highest BCUT2D eigenvalue weighted by Gasteiger charge is 2.30. The van der Waals surface area contributed by atoms with E-state index in [1.54, 1.807) is 11.0 Å². The average Bonchev–Trinajstić information content (AvgIpc) is 2.74. The summed E-state index contributed by atoms with van der Waals surface area (Å²) < 4.78 is 38.6. The van der Waals surface area contributed by atoms with Gasteiger partial charge in [0.2, 0.25) is 5.91 Å². The van der Waals surface area contributed by atoms with Gasteiger partial charge in [-0.15, -0.1) is 0 Å². The fraction of sp³-hybridized carbons (Fsp3) is 0.364. The lowest BCUT2D eigenvalue weighted by Gasteiger charge is -2.29. The van der Waals surface area contributed by atoms with Crippen LogP contribution in [0.1, 0.15) is 29.2 Å². The number of benzene rings is 2. The summed E-state index contributed by atoms with van der Waals surface area (Å²) in [6, 6.07) is 13.2. The smallest absolute Gasteiger partial charge is 0.357 e. The lowest BCUT2D eigenvalue weighted by Crippen LogP contribution is -2.45. The molecule has 30 heavy (non-hydrogen) atoms. The molecule has 0 fully saturated rings. The summed E-state index contributed by atoms with van der Waals surface area (Å²) in [5.74, 6) is 0.342. The van der Waals surface area contributed by atoms with Gasteiger partial charge in [-0.2, -0.15) is 13.2 Å². The van der Waals surface area contributed by atoms with Crippen LogP contribution in [0.2, 0.25) is 0 Å². The number of aliphatic imine (C=N–C) groups is 1. The average molecular weight is 418 g/mol. The SMILES string of the molecule is CCNC(=NCc1cccc(C(F)(F)F)c1)NCC(=O)N1CCc2ccccc2C1. The van der Waals surface area contributed by atoms with Gasteiger partial charge in [0.25, 0.3) is 0 Å². The van der Waals surface area contributed by atoms with E-state index in [0.717, 1.165) is 24.1 Å². The van der Waals surface area contributed by atoms with Gasteiger partial charge in [-0.1, -0.05) is 36.4 Å². The third-order valence-corrected chi connectivity index (χ3v) is 4.91. The number of hydrogen-bond donors (Lipinski definition) is 2. The first-order valence-electron chi connectivity index (χ1n) is 9.89. The first-order chi connectivity index (χ1) is 14.4. The van der Waals surface area contributed by atoms with E-state index in [1.165, 1.54) is 11.6 Å². The molecule has 2 aromatic carbocycles. The lowest BCUT2D eigenvalue weighted by molar-refractivity contribution is -0.137. The highest BCUT2D eigenvalue weighted by molar-refractivity contribution is 5.86. The molecule has 0 aliphatic carbocycles. The summed E-state index contributed by atoms with van der Waals surface area (Å²) in [6.07, 6.45) is -3.56. The Balaban J connectivity index is 1.58. The van der Waals surface area contributed by atoms with Crippen molar-refractivity contribution in [3.05, 3.63) is 70.8 Å². The van der Waals surface area contributed by atoms with Crippen LogP contribution in [-0.4, -0.2) is 36.4 Å². The van der Waals surface area contributed by atoms with E-state index in [2.05, 4.69) is 21.7 Å². The van der Waals surface area contributed by atoms with Crippen LogP contribution in [-0.2, 0) is 30.5 Å². The number of rotatable bonds is 5. The molecular weight excluding hydrogens is 393 g/mol. The van der Waals surface area contributed by atoms with Crippen molar-refractivity contribution in [2.24, 2.45) is 4.99 Å². The summed E-state index contributed by atoms with van der Waals surface area (Å²) in [7, 11) is 0. The van der Waals surface area contributed by atoms with E-state index in [1.807, 2.05) is 25.1 Å². The molecule has 2 aromatic rings. The molecule has 0 saturated heterocycles. The van der Waals surface area contributed by atoms with Crippen molar-refractivity contribution in [1.29, 1.82) is 0 Å². The van der Waals surface area contributed by atoms with E-state index >= 15 is 0 Å². The van der Waals surface area contributed by atoms with Crippen molar-refractivity contribution in [3.8, 4) is 0 Å². The Morgan fingerprint density at radius 3 is 2.60 bits per heavy atom. The molecule has 0 atom stereocenters. The molecule has 5 nitrogen and oxygen atoms in total. The van der Waals surface area contributed by atoms with Crippen LogP contribution in [0.25, 0.3) is 0 Å². The Labute approximate surface area is 174 Å². The van der Waals surface area contributed by atoms with E-state index in [0.29, 0.717) is 31.2 Å². The second-order valence-electron chi connectivity index (χ2n) is 7.08. The van der Waals surface area contributed by atoms with Crippen LogP contribution in [0.5, 0.6) is 0 Å². The fourth-order valence-corrected chi connectivity index (χ4v) is 3.34. The molecular formula is C22H25F3N4O. The maximum Gasteiger partial charge on any atom is 0.416 e. The molecule has 160 valence electrons. The number of fused-ring (bicyclic) bond motifs is 1. The minimum absolute atomic E-state index is 0.0471. The van der Waals surface area contributed by atoms with Crippen molar-refractivity contribution in [3.63, 3.8) is 0 Å². The van der Waals surface area contributed by atoms with Gasteiger partial charge in [-0.3, -0.25) is 4.79 Å². The van der Waals surface area contributed by atoms with E-state index < -0.39 is 11.7 Å². The topological polar surface area (TPSA) is 56.7 Å². The maximum absolute atomic E-state index is 12.9. The zero-order valence-electron chi connectivity index (χ0n) is 16.8. The van der Waals surface area contributed by atoms with Gasteiger partial charge in [0.15, 0.2) is 5.96 Å². The minimum atomic E-state index is -4.39. The third-order valence-electron chi connectivity index (χ3n) is 4.91. The first-order valence-corrected chi connectivity index (χ1v) is 9.89. The summed E-state index contributed by atoms with van der Waals surface area (Å²) in [5.41, 5.74) is 2.17. The molecule has 0 saturated carbocycles. The van der Waals surface area contributed by atoms with Crippen molar-refractivity contribution in [2.45, 2.75) is 32.6 Å². The van der Waals surface area contributed by atoms with E-state index in [-0.39, 0.29) is 19.0 Å². The first kappa shape index (κ1) is 21.7. The molecule has 1 aliphatic rings. The summed E-state index contributed by atoms with van der Waals surface area (Å²) in [5, 5.41) is 6.00. The van der Waals surface area contributed by atoms with Gasteiger partial charge in [-0.25, -0.2) is 4.99 Å². The number of alkyl halides is 3. The zero-order chi connectivity index (χ0) is 21.6. The number of carbonyl (C=O) groups excluding carboxylic acids is 1. The van der Waals surface area contributed by atoms with Gasteiger partial charge >= 0.3 is 6.18 Å². The Morgan fingerprint density at radius 1 is 1.10 bits per heavy atom. The number of guanidine groups is 1. The molecule has 2 N–H and O–H groups in total. The monoisotopic (exact) mass is 418 g/mol. The Hall–Kier alpha value is -3.03. The number of nitrogens with zero attached hydrogens (tertiary/aromatic N) is 2. The van der Waals surface area contributed by atoms with Crippen LogP contribution < -0.4 is 10.6 Å². The molecule has 0 aromatic heterocycles. The molecule has 0 radical (unpaired) electrons. The summed E-state index contributed by atoms with van der Waals surface area (Å²) in [6.45, 7) is 3.83. The number of amides is 1. The van der Waals surface area contributed by atoms with Crippen molar-refractivity contribution < 1.29 is 18.0 Å².